The number of amides is 2. The number of urea groups is 1. The molecule has 2 amide bonds. The lowest BCUT2D eigenvalue weighted by molar-refractivity contribution is 0.0697. The first-order valence-corrected chi connectivity index (χ1v) is 8.24. The number of nitrogens with zero attached hydrogens (tertiary/aromatic N) is 2. The molecule has 0 aliphatic rings. The van der Waals surface area contributed by atoms with Crippen molar-refractivity contribution < 1.29 is 14.7 Å². The van der Waals surface area contributed by atoms with Crippen molar-refractivity contribution in [3.8, 4) is 0 Å². The maximum atomic E-state index is 11.8. The smallest absolute Gasteiger partial charge is 0.335 e. The van der Waals surface area contributed by atoms with Crippen molar-refractivity contribution in [2.24, 2.45) is 0 Å². The molecular formula is C16H20N4O3S. The lowest BCUT2D eigenvalue weighted by Gasteiger charge is -2.12. The number of hydrogen-bond donors (Lipinski definition) is 3. The third kappa shape index (κ3) is 5.02. The van der Waals surface area contributed by atoms with E-state index in [1.165, 1.54) is 23.5 Å². The van der Waals surface area contributed by atoms with E-state index in [9.17, 15) is 9.59 Å². The first-order chi connectivity index (χ1) is 11.3. The molecule has 0 atom stereocenters. The Labute approximate surface area is 144 Å². The monoisotopic (exact) mass is 348 g/mol. The summed E-state index contributed by atoms with van der Waals surface area (Å²) < 4.78 is 0. The van der Waals surface area contributed by atoms with E-state index in [0.29, 0.717) is 13.1 Å². The van der Waals surface area contributed by atoms with Gasteiger partial charge in [0.05, 0.1) is 12.1 Å². The number of nitrogens with one attached hydrogen (secondary N) is 2. The molecule has 8 heteroatoms. The van der Waals surface area contributed by atoms with Crippen LogP contribution in [0.4, 0.5) is 4.79 Å². The SMILES string of the molecule is CC(C)(C)c1nnc(CNC(=O)NCc2ccc(C(=O)O)cc2)s1. The fraction of sp³-hybridized carbons (Fsp3) is 0.375. The van der Waals surface area contributed by atoms with Gasteiger partial charge in [0.2, 0.25) is 0 Å². The summed E-state index contributed by atoms with van der Waals surface area (Å²) in [4.78, 5) is 22.6. The molecule has 0 saturated heterocycles. The molecule has 2 rings (SSSR count). The molecule has 0 aliphatic heterocycles. The van der Waals surface area contributed by atoms with Crippen LogP contribution in [0, 0.1) is 0 Å². The number of carboxylic acid groups (broad SMARTS) is 1. The largest absolute Gasteiger partial charge is 0.478 e. The molecule has 0 aliphatic carbocycles. The molecule has 3 N–H and O–H groups in total. The van der Waals surface area contributed by atoms with Gasteiger partial charge in [-0.15, -0.1) is 10.2 Å². The lowest BCUT2D eigenvalue weighted by Crippen LogP contribution is -2.34. The van der Waals surface area contributed by atoms with Gasteiger partial charge in [-0.2, -0.15) is 0 Å². The van der Waals surface area contributed by atoms with Crippen molar-refractivity contribution in [3.63, 3.8) is 0 Å². The van der Waals surface area contributed by atoms with Crippen molar-refractivity contribution in [1.29, 1.82) is 0 Å². The number of carboxylic acids is 1. The average Bonchev–Trinajstić information content (AvgIpc) is 3.00. The fourth-order valence-electron chi connectivity index (χ4n) is 1.79. The molecule has 0 bridgehead atoms. The highest BCUT2D eigenvalue weighted by Crippen LogP contribution is 2.25. The number of carbonyl (C=O) groups is 2. The van der Waals surface area contributed by atoms with Gasteiger partial charge < -0.3 is 15.7 Å². The normalized spacial score (nSPS) is 11.1. The quantitative estimate of drug-likeness (QED) is 0.770. The van der Waals surface area contributed by atoms with Crippen molar-refractivity contribution in [3.05, 3.63) is 45.4 Å². The Morgan fingerprint density at radius 2 is 1.71 bits per heavy atom. The fourth-order valence-corrected chi connectivity index (χ4v) is 2.63. The van der Waals surface area contributed by atoms with E-state index in [4.69, 9.17) is 5.11 Å². The van der Waals surface area contributed by atoms with Crippen molar-refractivity contribution in [1.82, 2.24) is 20.8 Å². The molecule has 7 nitrogen and oxygen atoms in total. The molecule has 1 aromatic carbocycles. The zero-order chi connectivity index (χ0) is 17.7. The van der Waals surface area contributed by atoms with E-state index in [0.717, 1.165) is 15.6 Å². The third-order valence-corrected chi connectivity index (χ3v) is 4.51. The minimum absolute atomic E-state index is 0.0553. The summed E-state index contributed by atoms with van der Waals surface area (Å²) in [5, 5.41) is 24.2. The molecule has 0 fully saturated rings. The Balaban J connectivity index is 1.79. The van der Waals surface area contributed by atoms with Crippen molar-refractivity contribution >= 4 is 23.3 Å². The van der Waals surface area contributed by atoms with Gasteiger partial charge in [-0.1, -0.05) is 44.2 Å². The van der Waals surface area contributed by atoms with Crippen LogP contribution in [0.2, 0.25) is 0 Å². The van der Waals surface area contributed by atoms with E-state index in [2.05, 4.69) is 41.6 Å². The van der Waals surface area contributed by atoms with Crippen LogP contribution >= 0.6 is 11.3 Å². The van der Waals surface area contributed by atoms with Gasteiger partial charge in [-0.3, -0.25) is 0 Å². The molecule has 1 heterocycles. The molecule has 1 aromatic heterocycles. The number of benzene rings is 1. The summed E-state index contributed by atoms with van der Waals surface area (Å²) in [5.74, 6) is -0.973. The molecular weight excluding hydrogens is 328 g/mol. The first-order valence-electron chi connectivity index (χ1n) is 7.42. The maximum Gasteiger partial charge on any atom is 0.335 e. The van der Waals surface area contributed by atoms with Gasteiger partial charge in [-0.25, -0.2) is 9.59 Å². The van der Waals surface area contributed by atoms with Gasteiger partial charge in [0.25, 0.3) is 0 Å². The van der Waals surface area contributed by atoms with Crippen LogP contribution < -0.4 is 10.6 Å². The Bertz CT molecular complexity index is 720. The highest BCUT2D eigenvalue weighted by atomic mass is 32.1. The predicted octanol–water partition coefficient (Wildman–Crippen LogP) is 2.53. The zero-order valence-electron chi connectivity index (χ0n) is 13.8. The standard InChI is InChI=1S/C16H20N4O3S/c1-16(2,3)14-20-19-12(24-14)9-18-15(23)17-8-10-4-6-11(7-5-10)13(21)22/h4-7H,8-9H2,1-3H3,(H,21,22)(H2,17,18,23). The molecule has 0 radical (unpaired) electrons. The highest BCUT2D eigenvalue weighted by Gasteiger charge is 2.19. The van der Waals surface area contributed by atoms with Crippen LogP contribution in [0.3, 0.4) is 0 Å². The summed E-state index contributed by atoms with van der Waals surface area (Å²) in [6.07, 6.45) is 0. The van der Waals surface area contributed by atoms with Crippen molar-refractivity contribution in [2.45, 2.75) is 39.3 Å². The van der Waals surface area contributed by atoms with E-state index >= 15 is 0 Å². The van der Waals surface area contributed by atoms with Gasteiger partial charge in [0.1, 0.15) is 10.0 Å². The van der Waals surface area contributed by atoms with Gasteiger partial charge in [-0.05, 0) is 17.7 Å². The number of hydrogen-bond acceptors (Lipinski definition) is 5. The Morgan fingerprint density at radius 3 is 2.25 bits per heavy atom. The summed E-state index contributed by atoms with van der Waals surface area (Å²) in [6, 6.07) is 6.04. The summed E-state index contributed by atoms with van der Waals surface area (Å²) >= 11 is 1.48. The van der Waals surface area contributed by atoms with Crippen LogP contribution in [-0.4, -0.2) is 27.3 Å². The number of rotatable bonds is 5. The van der Waals surface area contributed by atoms with Crippen LogP contribution in [0.15, 0.2) is 24.3 Å². The second-order valence-electron chi connectivity index (χ2n) is 6.29. The average molecular weight is 348 g/mol. The van der Waals surface area contributed by atoms with Gasteiger partial charge in [0.15, 0.2) is 0 Å². The summed E-state index contributed by atoms with van der Waals surface area (Å²) in [6.45, 7) is 6.82. The molecule has 0 unspecified atom stereocenters. The van der Waals surface area contributed by atoms with Crippen LogP contribution in [0.25, 0.3) is 0 Å². The van der Waals surface area contributed by atoms with Crippen LogP contribution in [0.1, 0.15) is 46.7 Å². The van der Waals surface area contributed by atoms with Gasteiger partial charge >= 0.3 is 12.0 Å². The maximum absolute atomic E-state index is 11.8. The number of aromatic nitrogens is 2. The zero-order valence-corrected chi connectivity index (χ0v) is 14.6. The third-order valence-electron chi connectivity index (χ3n) is 3.16. The number of aromatic carboxylic acids is 1. The summed E-state index contributed by atoms with van der Waals surface area (Å²) in [5.41, 5.74) is 0.982. The Hall–Kier alpha value is -2.48. The topological polar surface area (TPSA) is 104 Å². The molecule has 0 saturated carbocycles. The molecule has 24 heavy (non-hydrogen) atoms. The van der Waals surface area contributed by atoms with E-state index in [1.54, 1.807) is 12.1 Å². The second kappa shape index (κ2) is 7.39. The molecule has 128 valence electrons. The predicted molar refractivity (Wildman–Crippen MR) is 91.1 cm³/mol. The van der Waals surface area contributed by atoms with E-state index in [-0.39, 0.29) is 17.0 Å². The van der Waals surface area contributed by atoms with Gasteiger partial charge in [0, 0.05) is 12.0 Å². The van der Waals surface area contributed by atoms with E-state index < -0.39 is 5.97 Å². The first kappa shape index (κ1) is 17.9. The number of carbonyl (C=O) groups excluding carboxylic acids is 1. The minimum Gasteiger partial charge on any atom is -0.478 e. The molecule has 2 aromatic rings. The highest BCUT2D eigenvalue weighted by molar-refractivity contribution is 7.11. The van der Waals surface area contributed by atoms with Crippen LogP contribution in [0.5, 0.6) is 0 Å². The van der Waals surface area contributed by atoms with Crippen molar-refractivity contribution in [2.75, 3.05) is 0 Å². The Kier molecular flexibility index (Phi) is 5.50. The second-order valence-corrected chi connectivity index (χ2v) is 7.35. The Morgan fingerprint density at radius 1 is 1.08 bits per heavy atom. The van der Waals surface area contributed by atoms with Crippen LogP contribution in [-0.2, 0) is 18.5 Å². The lowest BCUT2D eigenvalue weighted by atomic mass is 9.98. The minimum atomic E-state index is -0.973. The molecule has 0 spiro atoms. The van der Waals surface area contributed by atoms with E-state index in [1.807, 2.05) is 0 Å². The summed E-state index contributed by atoms with van der Waals surface area (Å²) in [7, 11) is 0.